The van der Waals surface area contributed by atoms with E-state index in [1.807, 2.05) is 11.4 Å². The van der Waals surface area contributed by atoms with Crippen molar-refractivity contribution in [2.75, 3.05) is 7.11 Å². The van der Waals surface area contributed by atoms with Crippen LogP contribution in [0, 0.1) is 0 Å². The molecule has 0 N–H and O–H groups in total. The largest absolute Gasteiger partial charge is 0.378 e. The van der Waals surface area contributed by atoms with Crippen LogP contribution in [0.3, 0.4) is 0 Å². The van der Waals surface area contributed by atoms with Crippen molar-refractivity contribution >= 4 is 34.5 Å². The Bertz CT molecular complexity index is 501. The topological polar surface area (TPSA) is 35.0 Å². The summed E-state index contributed by atoms with van der Waals surface area (Å²) in [7, 11) is 1.61. The fourth-order valence-electron chi connectivity index (χ4n) is 1.23. The number of thiophene rings is 1. The van der Waals surface area contributed by atoms with Gasteiger partial charge in [0.1, 0.15) is 5.15 Å². The molecule has 3 nitrogen and oxygen atoms in total. The highest BCUT2D eigenvalue weighted by Gasteiger charge is 2.08. The Morgan fingerprint density at radius 2 is 2.12 bits per heavy atom. The lowest BCUT2D eigenvalue weighted by molar-refractivity contribution is 0.181. The van der Waals surface area contributed by atoms with Crippen molar-refractivity contribution in [2.24, 2.45) is 0 Å². The van der Waals surface area contributed by atoms with Crippen LogP contribution in [0.25, 0.3) is 10.7 Å². The maximum atomic E-state index is 5.91. The molecule has 0 saturated carbocycles. The third-order valence-corrected chi connectivity index (χ3v) is 3.30. The molecule has 2 aromatic rings. The summed E-state index contributed by atoms with van der Waals surface area (Å²) in [4.78, 5) is 9.38. The second-order valence-corrected chi connectivity index (χ2v) is 4.80. The zero-order valence-electron chi connectivity index (χ0n) is 8.41. The lowest BCUT2D eigenvalue weighted by Gasteiger charge is -2.02. The summed E-state index contributed by atoms with van der Waals surface area (Å²) >= 11 is 13.2. The van der Waals surface area contributed by atoms with Crippen LogP contribution in [0.1, 0.15) is 5.69 Å². The van der Waals surface area contributed by atoms with Crippen LogP contribution in [0.2, 0.25) is 10.2 Å². The molecule has 2 heterocycles. The van der Waals surface area contributed by atoms with E-state index in [2.05, 4.69) is 9.97 Å². The van der Waals surface area contributed by atoms with Crippen LogP contribution in [0.4, 0.5) is 0 Å². The van der Waals surface area contributed by atoms with Gasteiger partial charge in [0.25, 0.3) is 0 Å². The van der Waals surface area contributed by atoms with Crippen LogP contribution in [-0.2, 0) is 11.3 Å². The zero-order valence-corrected chi connectivity index (χ0v) is 10.7. The van der Waals surface area contributed by atoms with Gasteiger partial charge in [-0.25, -0.2) is 9.97 Å². The Kier molecular flexibility index (Phi) is 3.76. The summed E-state index contributed by atoms with van der Waals surface area (Å²) in [6.45, 7) is 0.411. The van der Waals surface area contributed by atoms with E-state index in [0.29, 0.717) is 22.6 Å². The number of halogens is 2. The van der Waals surface area contributed by atoms with E-state index in [1.165, 1.54) is 11.3 Å². The minimum atomic E-state index is 0.404. The molecular formula is C10H8Cl2N2OS. The molecule has 0 saturated heterocycles. The fraction of sp³-hybridized carbons (Fsp3) is 0.200. The molecule has 0 atom stereocenters. The predicted octanol–water partition coefficient (Wildman–Crippen LogP) is 3.66. The molecule has 0 unspecified atom stereocenters. The molecule has 0 aromatic carbocycles. The maximum Gasteiger partial charge on any atom is 0.171 e. The molecule has 2 aromatic heterocycles. The second-order valence-electron chi connectivity index (χ2n) is 3.07. The van der Waals surface area contributed by atoms with E-state index in [4.69, 9.17) is 27.9 Å². The minimum absolute atomic E-state index is 0.404. The highest BCUT2D eigenvalue weighted by Crippen LogP contribution is 2.28. The van der Waals surface area contributed by atoms with Crippen molar-refractivity contribution < 1.29 is 4.74 Å². The number of hydrogen-bond acceptors (Lipinski definition) is 4. The van der Waals surface area contributed by atoms with Gasteiger partial charge in [0.05, 0.1) is 22.2 Å². The number of hydrogen-bond donors (Lipinski definition) is 0. The molecule has 2 rings (SSSR count). The van der Waals surface area contributed by atoms with Gasteiger partial charge in [-0.1, -0.05) is 23.2 Å². The third-order valence-electron chi connectivity index (χ3n) is 1.83. The van der Waals surface area contributed by atoms with E-state index in [1.54, 1.807) is 13.2 Å². The van der Waals surface area contributed by atoms with E-state index in [-0.39, 0.29) is 0 Å². The normalized spacial score (nSPS) is 10.7. The van der Waals surface area contributed by atoms with Gasteiger partial charge in [-0.3, -0.25) is 0 Å². The van der Waals surface area contributed by atoms with Gasteiger partial charge < -0.3 is 4.74 Å². The van der Waals surface area contributed by atoms with Crippen LogP contribution >= 0.6 is 34.5 Å². The Balaban J connectivity index is 2.40. The van der Waals surface area contributed by atoms with Crippen molar-refractivity contribution in [2.45, 2.75) is 6.61 Å². The molecule has 0 radical (unpaired) electrons. The monoisotopic (exact) mass is 274 g/mol. The van der Waals surface area contributed by atoms with Gasteiger partial charge in [-0.2, -0.15) is 0 Å². The van der Waals surface area contributed by atoms with Gasteiger partial charge in [-0.05, 0) is 12.1 Å². The van der Waals surface area contributed by atoms with E-state index in [0.717, 1.165) is 10.6 Å². The Hall–Kier alpha value is -0.680. The Morgan fingerprint density at radius 1 is 1.31 bits per heavy atom. The Labute approximate surface area is 107 Å². The molecule has 0 amide bonds. The summed E-state index contributed by atoms with van der Waals surface area (Å²) in [6.07, 6.45) is 0. The zero-order chi connectivity index (χ0) is 11.5. The quantitative estimate of drug-likeness (QED) is 0.802. The van der Waals surface area contributed by atoms with Crippen LogP contribution in [0.5, 0.6) is 0 Å². The first-order valence-electron chi connectivity index (χ1n) is 4.46. The summed E-state index contributed by atoms with van der Waals surface area (Å²) in [6, 6.07) is 3.50. The van der Waals surface area contributed by atoms with Crippen molar-refractivity contribution in [3.8, 4) is 10.7 Å². The molecule has 0 aliphatic rings. The molecule has 0 aliphatic heterocycles. The minimum Gasteiger partial charge on any atom is -0.378 e. The summed E-state index contributed by atoms with van der Waals surface area (Å²) in [5.74, 6) is 0.580. The number of rotatable bonds is 3. The first-order chi connectivity index (χ1) is 7.69. The SMILES string of the molecule is COCc1cc(Cl)nc(-c2cc(Cl)cs2)n1. The van der Waals surface area contributed by atoms with Crippen LogP contribution in [-0.4, -0.2) is 17.1 Å². The van der Waals surface area contributed by atoms with Gasteiger partial charge >= 0.3 is 0 Å². The summed E-state index contributed by atoms with van der Waals surface area (Å²) in [5.41, 5.74) is 0.752. The van der Waals surface area contributed by atoms with Crippen LogP contribution < -0.4 is 0 Å². The molecule has 84 valence electrons. The molecule has 6 heteroatoms. The van der Waals surface area contributed by atoms with Gasteiger partial charge in [-0.15, -0.1) is 11.3 Å². The van der Waals surface area contributed by atoms with Crippen LogP contribution in [0.15, 0.2) is 17.5 Å². The average Bonchev–Trinajstić information content (AvgIpc) is 2.64. The Morgan fingerprint density at radius 3 is 2.75 bits per heavy atom. The third kappa shape index (κ3) is 2.71. The van der Waals surface area contributed by atoms with Crippen molar-refractivity contribution in [3.05, 3.63) is 33.4 Å². The standard InChI is InChI=1S/C10H8Cl2N2OS/c1-15-4-7-3-9(12)14-10(13-7)8-2-6(11)5-16-8/h2-3,5H,4H2,1H3. The second kappa shape index (κ2) is 5.10. The number of ether oxygens (including phenoxy) is 1. The maximum absolute atomic E-state index is 5.91. The fourth-order valence-corrected chi connectivity index (χ4v) is 2.44. The molecule has 16 heavy (non-hydrogen) atoms. The summed E-state index contributed by atoms with van der Waals surface area (Å²) in [5, 5.41) is 2.91. The van der Waals surface area contributed by atoms with E-state index >= 15 is 0 Å². The average molecular weight is 275 g/mol. The first-order valence-corrected chi connectivity index (χ1v) is 6.09. The molecule has 0 aliphatic carbocycles. The van der Waals surface area contributed by atoms with Gasteiger partial charge in [0, 0.05) is 12.5 Å². The number of methoxy groups -OCH3 is 1. The molecular weight excluding hydrogens is 267 g/mol. The van der Waals surface area contributed by atoms with Crippen molar-refractivity contribution in [1.29, 1.82) is 0 Å². The highest BCUT2D eigenvalue weighted by molar-refractivity contribution is 7.14. The smallest absolute Gasteiger partial charge is 0.171 e. The van der Waals surface area contributed by atoms with Crippen molar-refractivity contribution in [3.63, 3.8) is 0 Å². The molecule has 0 bridgehead atoms. The summed E-state index contributed by atoms with van der Waals surface area (Å²) < 4.78 is 5.01. The lowest BCUT2D eigenvalue weighted by atomic mass is 10.4. The van der Waals surface area contributed by atoms with Gasteiger partial charge in [0.15, 0.2) is 5.82 Å². The first kappa shape index (κ1) is 11.8. The molecule has 0 fully saturated rings. The highest BCUT2D eigenvalue weighted by atomic mass is 35.5. The van der Waals surface area contributed by atoms with Crippen molar-refractivity contribution in [1.82, 2.24) is 9.97 Å². The van der Waals surface area contributed by atoms with Gasteiger partial charge in [0.2, 0.25) is 0 Å². The lowest BCUT2D eigenvalue weighted by Crippen LogP contribution is -1.96. The van der Waals surface area contributed by atoms with E-state index in [9.17, 15) is 0 Å². The predicted molar refractivity (Wildman–Crippen MR) is 66.1 cm³/mol. The number of nitrogens with zero attached hydrogens (tertiary/aromatic N) is 2. The number of aromatic nitrogens is 2. The molecule has 0 spiro atoms. The van der Waals surface area contributed by atoms with E-state index < -0.39 is 0 Å².